The van der Waals surface area contributed by atoms with E-state index >= 15 is 0 Å². The Hall–Kier alpha value is -2.40. The van der Waals surface area contributed by atoms with Crippen LogP contribution in [-0.2, 0) is 28.6 Å². The summed E-state index contributed by atoms with van der Waals surface area (Å²) >= 11 is 0. The third kappa shape index (κ3) is 2.12. The van der Waals surface area contributed by atoms with Crippen LogP contribution in [0.1, 0.15) is 20.3 Å². The molecule has 0 aromatic heterocycles. The number of amides is 2. The maximum atomic E-state index is 12.7. The number of fused-ring (bicyclic) bond motifs is 2. The second-order valence-electron chi connectivity index (χ2n) is 6.88. The molecule has 3 heterocycles. The van der Waals surface area contributed by atoms with Crippen molar-refractivity contribution in [3.8, 4) is 0 Å². The SMILES string of the molecule is CN1CCN(C(N)=O)C23OC(=O)C(C)(C)C(O)(CC(=O)OC12)C(=O)O3. The fourth-order valence-corrected chi connectivity index (χ4v) is 3.17. The van der Waals surface area contributed by atoms with Gasteiger partial charge in [-0.2, -0.15) is 0 Å². The van der Waals surface area contributed by atoms with Crippen LogP contribution in [0.15, 0.2) is 0 Å². The van der Waals surface area contributed by atoms with Gasteiger partial charge in [-0.25, -0.2) is 14.5 Å². The van der Waals surface area contributed by atoms with Crippen LogP contribution in [0.3, 0.4) is 0 Å². The van der Waals surface area contributed by atoms with Crippen molar-refractivity contribution in [1.29, 1.82) is 0 Å². The fraction of sp³-hybridized carbons (Fsp3) is 0.714. The Balaban J connectivity index is 2.26. The van der Waals surface area contributed by atoms with Crippen molar-refractivity contribution in [3.63, 3.8) is 0 Å². The predicted octanol–water partition coefficient (Wildman–Crippen LogP) is -1.90. The van der Waals surface area contributed by atoms with Gasteiger partial charge in [0.15, 0.2) is 5.60 Å². The third-order valence-corrected chi connectivity index (χ3v) is 5.03. The lowest BCUT2D eigenvalue weighted by molar-refractivity contribution is -0.349. The molecule has 11 heteroatoms. The van der Waals surface area contributed by atoms with Gasteiger partial charge in [0.25, 0.3) is 6.23 Å². The van der Waals surface area contributed by atoms with Gasteiger partial charge < -0.3 is 25.1 Å². The highest BCUT2D eigenvalue weighted by Crippen LogP contribution is 2.46. The van der Waals surface area contributed by atoms with Gasteiger partial charge in [0.05, 0.1) is 6.42 Å². The minimum atomic E-state index is -2.52. The highest BCUT2D eigenvalue weighted by Gasteiger charge is 2.71. The van der Waals surface area contributed by atoms with Crippen LogP contribution in [0, 0.1) is 5.41 Å². The van der Waals surface area contributed by atoms with Gasteiger partial charge in [0.1, 0.15) is 5.41 Å². The smallest absolute Gasteiger partial charge is 0.400 e. The lowest BCUT2D eigenvalue weighted by atomic mass is 9.73. The Morgan fingerprint density at radius 3 is 2.40 bits per heavy atom. The lowest BCUT2D eigenvalue weighted by Gasteiger charge is -2.50. The van der Waals surface area contributed by atoms with E-state index in [1.165, 1.54) is 25.8 Å². The highest BCUT2D eigenvalue weighted by molar-refractivity contribution is 5.95. The summed E-state index contributed by atoms with van der Waals surface area (Å²) in [5.41, 5.74) is 0.996. The molecule has 0 aromatic carbocycles. The van der Waals surface area contributed by atoms with Gasteiger partial charge in [-0.3, -0.25) is 14.5 Å². The molecule has 138 valence electrons. The van der Waals surface area contributed by atoms with Crippen molar-refractivity contribution in [2.45, 2.75) is 38.0 Å². The van der Waals surface area contributed by atoms with E-state index in [1.54, 1.807) is 0 Å². The number of piperazine rings is 1. The maximum Gasteiger partial charge on any atom is 0.400 e. The quantitative estimate of drug-likeness (QED) is 0.474. The number of likely N-dealkylation sites (N-methyl/N-ethyl adjacent to an activating group) is 1. The predicted molar refractivity (Wildman–Crippen MR) is 77.1 cm³/mol. The van der Waals surface area contributed by atoms with E-state index in [2.05, 4.69) is 0 Å². The number of carbonyl (C=O) groups is 4. The number of nitrogens with zero attached hydrogens (tertiary/aromatic N) is 2. The first kappa shape index (κ1) is 17.4. The van der Waals surface area contributed by atoms with Crippen LogP contribution >= 0.6 is 0 Å². The molecule has 3 saturated heterocycles. The van der Waals surface area contributed by atoms with E-state index in [9.17, 15) is 24.3 Å². The molecular weight excluding hydrogens is 338 g/mol. The third-order valence-electron chi connectivity index (χ3n) is 5.03. The molecule has 2 amide bonds. The number of urea groups is 1. The Labute approximate surface area is 142 Å². The van der Waals surface area contributed by atoms with Crippen molar-refractivity contribution < 1.29 is 38.5 Å². The number of carbonyl (C=O) groups excluding carboxylic acids is 4. The minimum absolute atomic E-state index is 0.0562. The van der Waals surface area contributed by atoms with Gasteiger partial charge in [-0.1, -0.05) is 0 Å². The minimum Gasteiger partial charge on any atom is -0.435 e. The average molecular weight is 357 g/mol. The molecule has 3 fully saturated rings. The maximum absolute atomic E-state index is 12.7. The van der Waals surface area contributed by atoms with Crippen LogP contribution in [0.4, 0.5) is 4.79 Å². The summed E-state index contributed by atoms with van der Waals surface area (Å²) in [4.78, 5) is 51.8. The van der Waals surface area contributed by atoms with E-state index in [1.807, 2.05) is 0 Å². The first-order valence-corrected chi connectivity index (χ1v) is 7.62. The van der Waals surface area contributed by atoms with Crippen LogP contribution in [-0.4, -0.2) is 76.7 Å². The molecule has 3 aliphatic rings. The van der Waals surface area contributed by atoms with Crippen molar-refractivity contribution in [3.05, 3.63) is 0 Å². The standard InChI is InChI=1S/C14H19N3O8/c1-12(2)9(19)24-14-8(16(3)4-5-17(14)11(15)21)23-7(18)6-13(12,22)10(20)25-14/h8,22H,4-6H2,1-3H3,(H2,15,21). The number of aliphatic hydroxyl groups is 1. The zero-order valence-corrected chi connectivity index (χ0v) is 14.0. The number of esters is 3. The number of rotatable bonds is 0. The van der Waals surface area contributed by atoms with Gasteiger partial charge in [0, 0.05) is 13.1 Å². The van der Waals surface area contributed by atoms with Crippen molar-refractivity contribution in [2.75, 3.05) is 20.1 Å². The van der Waals surface area contributed by atoms with E-state index in [0.717, 1.165) is 4.90 Å². The first-order chi connectivity index (χ1) is 11.5. The zero-order valence-electron chi connectivity index (χ0n) is 14.0. The van der Waals surface area contributed by atoms with E-state index < -0.39 is 53.5 Å². The second kappa shape index (κ2) is 5.05. The average Bonchev–Trinajstić information content (AvgIpc) is 2.51. The van der Waals surface area contributed by atoms with Crippen molar-refractivity contribution in [2.24, 2.45) is 11.1 Å². The van der Waals surface area contributed by atoms with E-state index in [4.69, 9.17) is 19.9 Å². The van der Waals surface area contributed by atoms with Crippen LogP contribution in [0.5, 0.6) is 0 Å². The molecule has 3 atom stereocenters. The zero-order chi connectivity index (χ0) is 18.8. The van der Waals surface area contributed by atoms with Crippen LogP contribution in [0.2, 0.25) is 0 Å². The summed E-state index contributed by atoms with van der Waals surface area (Å²) in [6.07, 6.45) is -2.22. The first-order valence-electron chi connectivity index (χ1n) is 7.62. The van der Waals surface area contributed by atoms with Crippen LogP contribution in [0.25, 0.3) is 0 Å². The molecule has 0 radical (unpaired) electrons. The number of hydrogen-bond donors (Lipinski definition) is 2. The molecule has 0 aliphatic carbocycles. The molecule has 3 unspecified atom stereocenters. The number of hydrogen-bond acceptors (Lipinski definition) is 9. The monoisotopic (exact) mass is 357 g/mol. The Kier molecular flexibility index (Phi) is 3.52. The van der Waals surface area contributed by atoms with Gasteiger partial charge >= 0.3 is 29.9 Å². The second-order valence-corrected chi connectivity index (χ2v) is 6.88. The summed E-state index contributed by atoms with van der Waals surface area (Å²) in [5, 5.41) is 10.8. The molecule has 2 bridgehead atoms. The molecule has 25 heavy (non-hydrogen) atoms. The summed E-state index contributed by atoms with van der Waals surface area (Å²) in [6.45, 7) is 2.64. The van der Waals surface area contributed by atoms with Gasteiger partial charge in [-0.15, -0.1) is 0 Å². The molecule has 0 saturated carbocycles. The van der Waals surface area contributed by atoms with Gasteiger partial charge in [0.2, 0.25) is 0 Å². The Morgan fingerprint density at radius 1 is 1.20 bits per heavy atom. The number of ether oxygens (including phenoxy) is 3. The summed E-state index contributed by atoms with van der Waals surface area (Å²) in [6, 6.07) is -1.04. The molecular formula is C14H19N3O8. The number of nitrogens with two attached hydrogens (primary N) is 1. The molecule has 3 aliphatic heterocycles. The summed E-state index contributed by atoms with van der Waals surface area (Å²) in [7, 11) is 1.53. The van der Waals surface area contributed by atoms with Crippen molar-refractivity contribution in [1.82, 2.24) is 9.80 Å². The summed E-state index contributed by atoms with van der Waals surface area (Å²) in [5.74, 6) is -5.67. The Bertz CT molecular complexity index is 675. The van der Waals surface area contributed by atoms with Gasteiger partial charge in [-0.05, 0) is 20.9 Å². The normalized spacial score (nSPS) is 37.8. The van der Waals surface area contributed by atoms with Crippen molar-refractivity contribution >= 4 is 23.9 Å². The molecule has 0 aromatic rings. The molecule has 3 N–H and O–H groups in total. The van der Waals surface area contributed by atoms with E-state index in [0.29, 0.717) is 0 Å². The molecule has 11 nitrogen and oxygen atoms in total. The molecule has 3 rings (SSSR count). The summed E-state index contributed by atoms with van der Waals surface area (Å²) < 4.78 is 15.9. The highest BCUT2D eigenvalue weighted by atomic mass is 16.8. The van der Waals surface area contributed by atoms with Crippen LogP contribution < -0.4 is 5.73 Å². The Morgan fingerprint density at radius 2 is 1.80 bits per heavy atom. The largest absolute Gasteiger partial charge is 0.435 e. The fourth-order valence-electron chi connectivity index (χ4n) is 3.17. The van der Waals surface area contributed by atoms with E-state index in [-0.39, 0.29) is 13.1 Å². The lowest BCUT2D eigenvalue weighted by Crippen LogP contribution is -2.74. The topological polar surface area (TPSA) is 149 Å². The molecule has 1 spiro atoms. The number of primary amides is 1.